The van der Waals surface area contributed by atoms with Gasteiger partial charge in [-0.25, -0.2) is 0 Å². The van der Waals surface area contributed by atoms with E-state index in [1.165, 1.54) is 11.8 Å². The Labute approximate surface area is 175 Å². The van der Waals surface area contributed by atoms with Crippen LogP contribution in [-0.2, 0) is 11.3 Å². The summed E-state index contributed by atoms with van der Waals surface area (Å²) >= 11 is 5.01. The number of hydrogen-bond donors (Lipinski definition) is 0. The van der Waals surface area contributed by atoms with Crippen LogP contribution in [0, 0.1) is 11.3 Å². The second kappa shape index (κ2) is 8.03. The first-order valence-electron chi connectivity index (χ1n) is 8.76. The molecule has 1 saturated heterocycles. The lowest BCUT2D eigenvalue weighted by molar-refractivity contribution is -0.132. The average Bonchev–Trinajstić information content (AvgIpc) is 3.21. The van der Waals surface area contributed by atoms with Gasteiger partial charge in [-0.2, -0.15) is 5.26 Å². The third kappa shape index (κ3) is 3.58. The molecule has 0 saturated carbocycles. The Bertz CT molecular complexity index is 968. The van der Waals surface area contributed by atoms with E-state index in [0.29, 0.717) is 30.4 Å². The summed E-state index contributed by atoms with van der Waals surface area (Å²) in [6.45, 7) is 1.08. The van der Waals surface area contributed by atoms with E-state index in [1.807, 2.05) is 30.3 Å². The second-order valence-electron chi connectivity index (χ2n) is 6.62. The number of halogens is 1. The molecule has 0 unspecified atom stereocenters. The van der Waals surface area contributed by atoms with Crippen molar-refractivity contribution in [2.75, 3.05) is 19.7 Å². The highest BCUT2D eigenvalue weighted by Gasteiger charge is 2.39. The molecule has 2 aliphatic rings. The van der Waals surface area contributed by atoms with Crippen LogP contribution in [-0.4, -0.2) is 35.4 Å². The van der Waals surface area contributed by atoms with Crippen molar-refractivity contribution in [3.8, 4) is 11.8 Å². The maximum atomic E-state index is 13.0. The highest BCUT2D eigenvalue weighted by atomic mass is 79.9. The van der Waals surface area contributed by atoms with Crippen LogP contribution in [0.5, 0.6) is 5.75 Å². The maximum Gasteiger partial charge on any atom is 0.229 e. The zero-order chi connectivity index (χ0) is 19.7. The summed E-state index contributed by atoms with van der Waals surface area (Å²) < 4.78 is 11.8. The van der Waals surface area contributed by atoms with E-state index in [9.17, 15) is 10.1 Å². The average molecular weight is 460 g/mol. The van der Waals surface area contributed by atoms with Crippen molar-refractivity contribution >= 4 is 33.6 Å². The minimum atomic E-state index is -0.305. The molecule has 0 radical (unpaired) electrons. The standard InChI is InChI=1S/C20H18BrN3O3S/c1-26-18-5-4-13(21)7-16(18)15-8-19(25)24-11-23(10-14-3-2-6-27-14)12-28-20(24)17(15)9-22/h2-7,15H,8,10-12H2,1H3/t15-/m0/s1. The van der Waals surface area contributed by atoms with Crippen molar-refractivity contribution in [3.63, 3.8) is 0 Å². The Morgan fingerprint density at radius 3 is 3.00 bits per heavy atom. The summed E-state index contributed by atoms with van der Waals surface area (Å²) in [4.78, 5) is 16.8. The molecule has 3 heterocycles. The minimum Gasteiger partial charge on any atom is -0.496 e. The van der Waals surface area contributed by atoms with Gasteiger partial charge in [-0.15, -0.1) is 0 Å². The van der Waals surface area contributed by atoms with Crippen LogP contribution < -0.4 is 4.74 Å². The number of amides is 1. The van der Waals surface area contributed by atoms with Crippen LogP contribution in [0.3, 0.4) is 0 Å². The van der Waals surface area contributed by atoms with Gasteiger partial charge in [-0.3, -0.25) is 14.6 Å². The Balaban J connectivity index is 1.65. The van der Waals surface area contributed by atoms with Gasteiger partial charge in [0, 0.05) is 22.4 Å². The Morgan fingerprint density at radius 1 is 1.43 bits per heavy atom. The number of nitriles is 1. The van der Waals surface area contributed by atoms with Gasteiger partial charge in [0.25, 0.3) is 0 Å². The maximum absolute atomic E-state index is 13.0. The number of ether oxygens (including phenoxy) is 1. The molecule has 0 spiro atoms. The highest BCUT2D eigenvalue weighted by Crippen LogP contribution is 2.45. The number of allylic oxidation sites excluding steroid dienone is 1. The largest absolute Gasteiger partial charge is 0.496 e. The molecule has 1 atom stereocenters. The predicted octanol–water partition coefficient (Wildman–Crippen LogP) is 4.27. The summed E-state index contributed by atoms with van der Waals surface area (Å²) in [5.41, 5.74) is 1.48. The highest BCUT2D eigenvalue weighted by molar-refractivity contribution is 9.10. The topological polar surface area (TPSA) is 69.7 Å². The van der Waals surface area contributed by atoms with E-state index in [4.69, 9.17) is 9.15 Å². The number of thioether (sulfide) groups is 1. The number of nitrogens with zero attached hydrogens (tertiary/aromatic N) is 3. The van der Waals surface area contributed by atoms with Crippen LogP contribution in [0.25, 0.3) is 0 Å². The lowest BCUT2D eigenvalue weighted by Crippen LogP contribution is -2.46. The molecule has 2 aliphatic heterocycles. The van der Waals surface area contributed by atoms with Crippen molar-refractivity contribution in [2.45, 2.75) is 18.9 Å². The van der Waals surface area contributed by atoms with Gasteiger partial charge in [-0.05, 0) is 30.3 Å². The number of fused-ring (bicyclic) bond motifs is 1. The fraction of sp³-hybridized carbons (Fsp3) is 0.300. The molecule has 0 aliphatic carbocycles. The zero-order valence-corrected chi connectivity index (χ0v) is 17.6. The molecule has 0 N–H and O–H groups in total. The van der Waals surface area contributed by atoms with Crippen molar-refractivity contribution in [1.29, 1.82) is 5.26 Å². The predicted molar refractivity (Wildman–Crippen MR) is 109 cm³/mol. The molecule has 8 heteroatoms. The van der Waals surface area contributed by atoms with E-state index in [0.717, 1.165) is 20.8 Å². The molecule has 1 amide bonds. The zero-order valence-electron chi connectivity index (χ0n) is 15.2. The minimum absolute atomic E-state index is 0.0117. The monoisotopic (exact) mass is 459 g/mol. The number of carbonyl (C=O) groups excluding carboxylic acids is 1. The van der Waals surface area contributed by atoms with Gasteiger partial charge in [0.15, 0.2) is 0 Å². The summed E-state index contributed by atoms with van der Waals surface area (Å²) in [7, 11) is 1.60. The molecule has 1 fully saturated rings. The third-order valence-electron chi connectivity index (χ3n) is 4.88. The van der Waals surface area contributed by atoms with E-state index in [2.05, 4.69) is 26.9 Å². The number of methoxy groups -OCH3 is 1. The lowest BCUT2D eigenvalue weighted by atomic mass is 9.86. The SMILES string of the molecule is COc1ccc(Br)cc1[C@@H]1CC(=O)N2CN(Cc3ccco3)CSC2=C1C#N. The Hall–Kier alpha value is -2.21. The first kappa shape index (κ1) is 19.1. The fourth-order valence-electron chi connectivity index (χ4n) is 3.57. The number of hydrogen-bond acceptors (Lipinski definition) is 6. The Morgan fingerprint density at radius 2 is 2.29 bits per heavy atom. The normalized spacial score (nSPS) is 20.1. The van der Waals surface area contributed by atoms with Crippen molar-refractivity contribution in [1.82, 2.24) is 9.80 Å². The molecule has 28 heavy (non-hydrogen) atoms. The van der Waals surface area contributed by atoms with Gasteiger partial charge >= 0.3 is 0 Å². The van der Waals surface area contributed by atoms with Gasteiger partial charge in [-0.1, -0.05) is 27.7 Å². The van der Waals surface area contributed by atoms with Crippen molar-refractivity contribution in [3.05, 3.63) is 63.0 Å². The summed E-state index contributed by atoms with van der Waals surface area (Å²) in [6.07, 6.45) is 1.89. The first-order valence-corrected chi connectivity index (χ1v) is 10.5. The van der Waals surface area contributed by atoms with Crippen molar-refractivity contribution < 1.29 is 13.9 Å². The molecular weight excluding hydrogens is 442 g/mol. The van der Waals surface area contributed by atoms with E-state index >= 15 is 0 Å². The van der Waals surface area contributed by atoms with E-state index < -0.39 is 0 Å². The molecule has 4 rings (SSSR count). The summed E-state index contributed by atoms with van der Waals surface area (Å²) in [5.74, 6) is 1.93. The molecule has 0 bridgehead atoms. The first-order chi connectivity index (χ1) is 13.6. The number of rotatable bonds is 4. The van der Waals surface area contributed by atoms with Gasteiger partial charge in [0.2, 0.25) is 5.91 Å². The molecule has 144 valence electrons. The molecule has 6 nitrogen and oxygen atoms in total. The smallest absolute Gasteiger partial charge is 0.229 e. The lowest BCUT2D eigenvalue weighted by Gasteiger charge is -2.41. The molecule has 2 aromatic rings. The number of carbonyl (C=O) groups is 1. The quantitative estimate of drug-likeness (QED) is 0.679. The molecule has 1 aromatic carbocycles. The fourth-order valence-corrected chi connectivity index (χ4v) is 5.09. The number of furan rings is 1. The number of benzene rings is 1. The third-order valence-corrected chi connectivity index (χ3v) is 6.58. The van der Waals surface area contributed by atoms with Gasteiger partial charge in [0.05, 0.1) is 49.1 Å². The van der Waals surface area contributed by atoms with Gasteiger partial charge < -0.3 is 9.15 Å². The summed E-state index contributed by atoms with van der Waals surface area (Å²) in [6, 6.07) is 11.8. The molecular formula is C20H18BrN3O3S. The van der Waals surface area contributed by atoms with Crippen LogP contribution in [0.4, 0.5) is 0 Å². The van der Waals surface area contributed by atoms with Crippen LogP contribution in [0.2, 0.25) is 0 Å². The van der Waals surface area contributed by atoms with Crippen molar-refractivity contribution in [2.24, 2.45) is 0 Å². The van der Waals surface area contributed by atoms with Crippen LogP contribution in [0.1, 0.15) is 23.7 Å². The van der Waals surface area contributed by atoms with E-state index in [1.54, 1.807) is 18.3 Å². The van der Waals surface area contributed by atoms with Crippen LogP contribution in [0.15, 0.2) is 56.1 Å². The Kier molecular flexibility index (Phi) is 5.49. The second-order valence-corrected chi connectivity index (χ2v) is 8.47. The van der Waals surface area contributed by atoms with E-state index in [-0.39, 0.29) is 18.2 Å². The summed E-state index contributed by atoms with van der Waals surface area (Å²) in [5, 5.41) is 10.7. The molecule has 1 aromatic heterocycles. The van der Waals surface area contributed by atoms with Crippen LogP contribution >= 0.6 is 27.7 Å². The van der Waals surface area contributed by atoms with Gasteiger partial charge in [0.1, 0.15) is 11.5 Å².